The van der Waals surface area contributed by atoms with E-state index in [9.17, 15) is 14.4 Å². The Morgan fingerprint density at radius 3 is 2.59 bits per heavy atom. The van der Waals surface area contributed by atoms with Crippen LogP contribution in [0.4, 0.5) is 0 Å². The van der Waals surface area contributed by atoms with E-state index >= 15 is 0 Å². The van der Waals surface area contributed by atoms with Crippen molar-refractivity contribution in [3.8, 4) is 11.4 Å². The molecule has 0 saturated carbocycles. The first-order chi connectivity index (χ1) is 16.0. The molecule has 2 aliphatic heterocycles. The summed E-state index contributed by atoms with van der Waals surface area (Å²) in [6, 6.07) is 11.5. The van der Waals surface area contributed by atoms with Crippen molar-refractivity contribution in [3.63, 3.8) is 0 Å². The summed E-state index contributed by atoms with van der Waals surface area (Å²) in [5.74, 6) is -0.695. The van der Waals surface area contributed by atoms with Crippen molar-refractivity contribution in [1.29, 1.82) is 0 Å². The van der Waals surface area contributed by atoms with E-state index in [0.29, 0.717) is 29.1 Å². The van der Waals surface area contributed by atoms with E-state index in [2.05, 4.69) is 11.7 Å². The van der Waals surface area contributed by atoms with Crippen LogP contribution in [-0.4, -0.2) is 35.8 Å². The number of aromatic nitrogens is 2. The van der Waals surface area contributed by atoms with Crippen LogP contribution in [0.2, 0.25) is 0 Å². The average Bonchev–Trinajstić information content (AvgIpc) is 3.19. The van der Waals surface area contributed by atoms with Crippen molar-refractivity contribution in [2.45, 2.75) is 45.9 Å². The standard InChI is InChI=1S/C21H15N2O5.C2H4N.C2H6.Y/c1-2-21(28-11-24)15-8-17-18-13(7-12-5-3-4-6-16(12)22-18)9-23(17)19(25)14(15)10-27-20(21)26;1-3-2;1-2;/h3-8H,2,9-10H2,1H3;1H,2H3;1-2H3;/q2*-1;;/t21-;;;/m0.../s1. The quantitative estimate of drug-likeness (QED) is 0.226. The molecule has 9 heteroatoms. The second kappa shape index (κ2) is 11.6. The second-order valence-electron chi connectivity index (χ2n) is 7.20. The number of pyridine rings is 2. The maximum Gasteiger partial charge on any atom is 0.352 e. The second-order valence-corrected chi connectivity index (χ2v) is 7.20. The topological polar surface area (TPSA) is 99.9 Å². The van der Waals surface area contributed by atoms with Crippen molar-refractivity contribution >= 4 is 30.1 Å². The maximum atomic E-state index is 13.2. The number of nitrogens with zero attached hydrogens (tertiary/aromatic N) is 3. The molecule has 0 amide bonds. The van der Waals surface area contributed by atoms with Gasteiger partial charge in [-0.2, -0.15) is 0 Å². The summed E-state index contributed by atoms with van der Waals surface area (Å²) >= 11 is 0. The number of aliphatic imine (C=N–C) groups is 1. The fraction of sp³-hybridized carbons (Fsp3) is 0.320. The zero-order valence-corrected chi connectivity index (χ0v) is 22.5. The third kappa shape index (κ3) is 4.49. The summed E-state index contributed by atoms with van der Waals surface area (Å²) in [5.41, 5.74) is 1.78. The first-order valence-electron chi connectivity index (χ1n) is 10.7. The molecule has 1 radical (unpaired) electrons. The molecule has 0 aliphatic carbocycles. The number of cyclic esters (lactones) is 1. The largest absolute Gasteiger partial charge is 0.638 e. The van der Waals surface area contributed by atoms with Crippen molar-refractivity contribution in [1.82, 2.24) is 9.55 Å². The number of esters is 1. The number of carbonyl (C=O) groups excluding carboxylic acids is 2. The molecule has 1 aromatic carbocycles. The van der Waals surface area contributed by atoms with Crippen LogP contribution in [-0.2, 0) is 70.5 Å². The molecule has 175 valence electrons. The van der Waals surface area contributed by atoms with E-state index in [1.807, 2.05) is 44.2 Å². The minimum atomic E-state index is -1.66. The van der Waals surface area contributed by atoms with E-state index in [4.69, 9.17) is 14.5 Å². The van der Waals surface area contributed by atoms with Crippen LogP contribution in [0.25, 0.3) is 22.3 Å². The number of fused-ring (bicyclic) bond motifs is 5. The Morgan fingerprint density at radius 1 is 1.26 bits per heavy atom. The zero-order chi connectivity index (χ0) is 24.2. The first kappa shape index (κ1) is 27.5. The van der Waals surface area contributed by atoms with Crippen LogP contribution in [0.3, 0.4) is 0 Å². The molecule has 0 unspecified atom stereocenters. The Morgan fingerprint density at radius 2 is 1.94 bits per heavy atom. The van der Waals surface area contributed by atoms with Gasteiger partial charge in [-0.1, -0.05) is 45.4 Å². The van der Waals surface area contributed by atoms with Gasteiger partial charge >= 0.3 is 5.97 Å². The number of benzene rings is 1. The molecule has 2 aromatic heterocycles. The Labute approximate surface area is 223 Å². The zero-order valence-electron chi connectivity index (χ0n) is 19.6. The van der Waals surface area contributed by atoms with Crippen LogP contribution < -0.4 is 5.56 Å². The summed E-state index contributed by atoms with van der Waals surface area (Å²) in [5, 5.41) is 0.993. The maximum absolute atomic E-state index is 13.2. The van der Waals surface area contributed by atoms with E-state index in [1.54, 1.807) is 17.6 Å². The van der Waals surface area contributed by atoms with Gasteiger partial charge in [0, 0.05) is 49.2 Å². The predicted molar refractivity (Wildman–Crippen MR) is 125 cm³/mol. The van der Waals surface area contributed by atoms with Crippen LogP contribution in [0.15, 0.2) is 46.2 Å². The summed E-state index contributed by atoms with van der Waals surface area (Å²) in [6.07, 6.45) is 0.134. The summed E-state index contributed by atoms with van der Waals surface area (Å²) in [7, 11) is 1.53. The van der Waals surface area contributed by atoms with Crippen molar-refractivity contribution < 1.29 is 51.8 Å². The summed E-state index contributed by atoms with van der Waals surface area (Å²) < 4.78 is 11.9. The summed E-state index contributed by atoms with van der Waals surface area (Å²) in [6.45, 7) is 11.8. The van der Waals surface area contributed by atoms with Crippen molar-refractivity contribution in [3.05, 3.63) is 63.4 Å². The molecule has 0 fully saturated rings. The van der Waals surface area contributed by atoms with Crippen LogP contribution in [0.1, 0.15) is 43.9 Å². The number of hydrogen-bond acceptors (Lipinski definition) is 7. The van der Waals surface area contributed by atoms with Gasteiger partial charge in [0.2, 0.25) is 0 Å². The minimum Gasteiger partial charge on any atom is -0.638 e. The molecule has 8 nitrogen and oxygen atoms in total. The molecular formula is C25H25N3O5Y-2. The third-order valence-corrected chi connectivity index (χ3v) is 5.60. The molecule has 4 heterocycles. The number of hydrogen-bond donors (Lipinski definition) is 0. The van der Waals surface area contributed by atoms with Crippen molar-refractivity contribution in [2.75, 3.05) is 7.05 Å². The van der Waals surface area contributed by atoms with E-state index < -0.39 is 11.6 Å². The molecule has 0 spiro atoms. The Kier molecular flexibility index (Phi) is 9.41. The van der Waals surface area contributed by atoms with Gasteiger partial charge < -0.3 is 30.5 Å². The van der Waals surface area contributed by atoms with Gasteiger partial charge in [0.15, 0.2) is 5.60 Å². The first-order valence-corrected chi connectivity index (χ1v) is 10.7. The molecular weight excluding hydrogens is 511 g/mol. The van der Waals surface area contributed by atoms with Gasteiger partial charge in [0.25, 0.3) is 5.56 Å². The van der Waals surface area contributed by atoms with Gasteiger partial charge in [0.05, 0.1) is 29.0 Å². The Balaban J connectivity index is 0.000000633. The number of rotatable bonds is 3. The van der Waals surface area contributed by atoms with Crippen LogP contribution in [0.5, 0.6) is 0 Å². The smallest absolute Gasteiger partial charge is 0.352 e. The SMILES string of the molecule is CC.CC[C@@]1(O[C-]=O)C(=O)OCc2c1cc1n(c2=O)Cc2cc3ccccc3nc2-1.[CH-]=NC.[Y]. The van der Waals surface area contributed by atoms with Gasteiger partial charge in [-0.3, -0.25) is 4.79 Å². The Hall–Kier alpha value is -2.71. The van der Waals surface area contributed by atoms with E-state index in [1.165, 1.54) is 13.5 Å². The van der Waals surface area contributed by atoms with E-state index in [-0.39, 0.29) is 51.3 Å². The number of para-hydroxylation sites is 1. The molecule has 3 aromatic rings. The molecule has 0 N–H and O–H groups in total. The Bertz CT molecular complexity index is 1290. The van der Waals surface area contributed by atoms with Gasteiger partial charge in [0.1, 0.15) is 6.61 Å². The average molecular weight is 536 g/mol. The van der Waals surface area contributed by atoms with Gasteiger partial charge in [-0.05, 0) is 31.7 Å². The van der Waals surface area contributed by atoms with Crippen LogP contribution >= 0.6 is 0 Å². The molecule has 1 atom stereocenters. The molecule has 5 rings (SSSR count). The predicted octanol–water partition coefficient (Wildman–Crippen LogP) is 3.39. The monoisotopic (exact) mass is 536 g/mol. The third-order valence-electron chi connectivity index (χ3n) is 5.60. The fourth-order valence-electron chi connectivity index (χ4n) is 4.15. The summed E-state index contributed by atoms with van der Waals surface area (Å²) in [4.78, 5) is 44.4. The molecule has 34 heavy (non-hydrogen) atoms. The fourth-order valence-corrected chi connectivity index (χ4v) is 4.15. The molecule has 2 aliphatic rings. The van der Waals surface area contributed by atoms with Gasteiger partial charge in [-0.25, -0.2) is 9.78 Å². The number of carbonyl (C=O) groups is 1. The normalized spacial score (nSPS) is 16.6. The van der Waals surface area contributed by atoms with Gasteiger partial charge in [-0.15, -0.1) is 0 Å². The molecule has 0 saturated heterocycles. The van der Waals surface area contributed by atoms with Crippen LogP contribution in [0, 0.1) is 0 Å². The molecule has 0 bridgehead atoms. The van der Waals surface area contributed by atoms with Crippen molar-refractivity contribution in [2.24, 2.45) is 4.99 Å². The number of ether oxygens (including phenoxy) is 2. The minimum absolute atomic E-state index is 0. The van der Waals surface area contributed by atoms with E-state index in [0.717, 1.165) is 16.5 Å².